The van der Waals surface area contributed by atoms with E-state index >= 15 is 0 Å². The third kappa shape index (κ3) is 4.23. The van der Waals surface area contributed by atoms with E-state index in [0.29, 0.717) is 25.2 Å². The van der Waals surface area contributed by atoms with E-state index in [1.165, 1.54) is 6.07 Å². The van der Waals surface area contributed by atoms with Crippen LogP contribution in [0.4, 0.5) is 4.39 Å². The number of hydrogen-bond acceptors (Lipinski definition) is 3. The average molecular weight is 354 g/mol. The van der Waals surface area contributed by atoms with E-state index in [1.807, 2.05) is 6.92 Å². The van der Waals surface area contributed by atoms with Crippen molar-refractivity contribution in [2.45, 2.75) is 51.4 Å². The number of halogens is 1. The molecule has 24 heavy (non-hydrogen) atoms. The Morgan fingerprint density at radius 3 is 2.46 bits per heavy atom. The number of carboxylic acid groups (broad SMARTS) is 1. The number of hydrogen-bond donors (Lipinski definition) is 1. The van der Waals surface area contributed by atoms with E-state index < -0.39 is 25.7 Å². The zero-order valence-electron chi connectivity index (χ0n) is 14.9. The van der Waals surface area contributed by atoms with Crippen LogP contribution in [0.1, 0.15) is 42.1 Å². The molecule has 1 aromatic carbocycles. The Bertz CT molecular complexity index is 593. The van der Waals surface area contributed by atoms with Crippen molar-refractivity contribution in [3.63, 3.8) is 0 Å². The van der Waals surface area contributed by atoms with Gasteiger partial charge in [0.05, 0.1) is 11.2 Å². The molecule has 6 heteroatoms. The Labute approximate surface area is 144 Å². The van der Waals surface area contributed by atoms with Crippen molar-refractivity contribution in [1.29, 1.82) is 0 Å². The lowest BCUT2D eigenvalue weighted by Gasteiger charge is -2.46. The van der Waals surface area contributed by atoms with Gasteiger partial charge in [0.1, 0.15) is 5.82 Å². The van der Waals surface area contributed by atoms with Crippen molar-refractivity contribution in [3.8, 4) is 0 Å². The van der Waals surface area contributed by atoms with Crippen LogP contribution in [0.2, 0.25) is 19.6 Å². The predicted molar refractivity (Wildman–Crippen MR) is 93.3 cm³/mol. The molecule has 134 valence electrons. The summed E-state index contributed by atoms with van der Waals surface area (Å²) in [7, 11) is -1.95. The normalized spacial score (nSPS) is 19.0. The summed E-state index contributed by atoms with van der Waals surface area (Å²) in [5, 5.41) is 9.30. The lowest BCUT2D eigenvalue weighted by atomic mass is 9.75. The lowest BCUT2D eigenvalue weighted by Crippen LogP contribution is -2.47. The fourth-order valence-electron chi connectivity index (χ4n) is 3.61. The first-order valence-electron chi connectivity index (χ1n) is 8.50. The van der Waals surface area contributed by atoms with E-state index in [0.717, 1.165) is 18.9 Å². The predicted octanol–water partition coefficient (Wildman–Crippen LogP) is 4.41. The second kappa shape index (κ2) is 7.33. The van der Waals surface area contributed by atoms with Crippen LogP contribution in [-0.4, -0.2) is 32.6 Å². The number of ether oxygens (including phenoxy) is 1. The standard InChI is InChI=1S/C18H27FO4Si/c1-5-18(23-24(2,3)4,14-6-8-22-9-7-14)15-10-13(17(20)21)11-16(19)12-15/h10-12,14H,5-9H2,1-4H3,(H,20,21). The van der Waals surface area contributed by atoms with Crippen LogP contribution >= 0.6 is 0 Å². The highest BCUT2D eigenvalue weighted by atomic mass is 28.4. The van der Waals surface area contributed by atoms with Gasteiger partial charge in [-0.3, -0.25) is 0 Å². The summed E-state index contributed by atoms with van der Waals surface area (Å²) in [6, 6.07) is 4.07. The topological polar surface area (TPSA) is 55.8 Å². The van der Waals surface area contributed by atoms with Gasteiger partial charge in [-0.25, -0.2) is 9.18 Å². The van der Waals surface area contributed by atoms with Gasteiger partial charge in [0.25, 0.3) is 0 Å². The highest BCUT2D eigenvalue weighted by molar-refractivity contribution is 6.69. The molecule has 0 saturated carbocycles. The molecule has 1 saturated heterocycles. The number of carboxylic acids is 1. The number of carbonyl (C=O) groups is 1. The monoisotopic (exact) mass is 354 g/mol. The van der Waals surface area contributed by atoms with Crippen LogP contribution in [0.3, 0.4) is 0 Å². The first-order valence-corrected chi connectivity index (χ1v) is 11.9. The second-order valence-corrected chi connectivity index (χ2v) is 11.8. The highest BCUT2D eigenvalue weighted by Crippen LogP contribution is 2.44. The van der Waals surface area contributed by atoms with Gasteiger partial charge in [-0.1, -0.05) is 6.92 Å². The van der Waals surface area contributed by atoms with E-state index in [4.69, 9.17) is 9.16 Å². The Kier molecular flexibility index (Phi) is 5.83. The molecule has 0 aliphatic carbocycles. The van der Waals surface area contributed by atoms with Crippen molar-refractivity contribution in [2.24, 2.45) is 5.92 Å². The maximum absolute atomic E-state index is 14.1. The van der Waals surface area contributed by atoms with Crippen LogP contribution in [0.15, 0.2) is 18.2 Å². The van der Waals surface area contributed by atoms with E-state index in [2.05, 4.69) is 19.6 Å². The molecule has 0 spiro atoms. The SMILES string of the molecule is CCC(O[Si](C)(C)C)(c1cc(F)cc(C(=O)O)c1)C1CCOCC1. The molecule has 1 aromatic rings. The summed E-state index contributed by atoms with van der Waals surface area (Å²) < 4.78 is 26.2. The fraction of sp³-hybridized carbons (Fsp3) is 0.611. The molecule has 1 aliphatic heterocycles. The van der Waals surface area contributed by atoms with Gasteiger partial charge in [0.2, 0.25) is 0 Å². The molecule has 1 aliphatic rings. The smallest absolute Gasteiger partial charge is 0.335 e. The summed E-state index contributed by atoms with van der Waals surface area (Å²) in [5.74, 6) is -1.47. The molecule has 0 aromatic heterocycles. The maximum Gasteiger partial charge on any atom is 0.335 e. The van der Waals surface area contributed by atoms with E-state index in [1.54, 1.807) is 6.07 Å². The Morgan fingerprint density at radius 2 is 1.96 bits per heavy atom. The summed E-state index contributed by atoms with van der Waals surface area (Å²) in [6.45, 7) is 9.66. The van der Waals surface area contributed by atoms with E-state index in [9.17, 15) is 14.3 Å². The van der Waals surface area contributed by atoms with Gasteiger partial charge >= 0.3 is 5.97 Å². The molecule has 0 amide bonds. The van der Waals surface area contributed by atoms with Crippen molar-refractivity contribution >= 4 is 14.3 Å². The molecular formula is C18H27FO4Si. The van der Waals surface area contributed by atoms with Crippen LogP contribution in [0, 0.1) is 11.7 Å². The third-order valence-corrected chi connectivity index (χ3v) is 5.50. The highest BCUT2D eigenvalue weighted by Gasteiger charge is 2.44. The van der Waals surface area contributed by atoms with Gasteiger partial charge in [-0.2, -0.15) is 0 Å². The van der Waals surface area contributed by atoms with Crippen LogP contribution in [-0.2, 0) is 14.8 Å². The molecule has 4 nitrogen and oxygen atoms in total. The van der Waals surface area contributed by atoms with Gasteiger partial charge in [0.15, 0.2) is 8.32 Å². The first kappa shape index (κ1) is 19.1. The molecule has 1 N–H and O–H groups in total. The van der Waals surface area contributed by atoms with Crippen molar-refractivity contribution in [3.05, 3.63) is 35.1 Å². The molecule has 1 atom stereocenters. The average Bonchev–Trinajstić information content (AvgIpc) is 2.52. The molecular weight excluding hydrogens is 327 g/mol. The van der Waals surface area contributed by atoms with Crippen LogP contribution < -0.4 is 0 Å². The molecule has 1 fully saturated rings. The first-order chi connectivity index (χ1) is 11.2. The summed E-state index contributed by atoms with van der Waals surface area (Å²) in [4.78, 5) is 11.4. The molecule has 0 bridgehead atoms. The van der Waals surface area contributed by atoms with Gasteiger partial charge in [-0.15, -0.1) is 0 Å². The zero-order chi connectivity index (χ0) is 18.0. The second-order valence-electron chi connectivity index (χ2n) is 7.38. The molecule has 1 unspecified atom stereocenters. The summed E-state index contributed by atoms with van der Waals surface area (Å²) in [5.41, 5.74) is -0.0635. The van der Waals surface area contributed by atoms with E-state index in [-0.39, 0.29) is 11.5 Å². The van der Waals surface area contributed by atoms with Crippen LogP contribution in [0.5, 0.6) is 0 Å². The quantitative estimate of drug-likeness (QED) is 0.769. The Morgan fingerprint density at radius 1 is 1.33 bits per heavy atom. The largest absolute Gasteiger partial charge is 0.478 e. The summed E-state index contributed by atoms with van der Waals surface area (Å²) >= 11 is 0. The number of benzene rings is 1. The van der Waals surface area contributed by atoms with Crippen molar-refractivity contribution in [2.75, 3.05) is 13.2 Å². The molecule has 0 radical (unpaired) electrons. The molecule has 2 rings (SSSR count). The van der Waals surface area contributed by atoms with Crippen molar-refractivity contribution < 1.29 is 23.5 Å². The van der Waals surface area contributed by atoms with Crippen molar-refractivity contribution in [1.82, 2.24) is 0 Å². The Balaban J connectivity index is 2.57. The minimum Gasteiger partial charge on any atom is -0.478 e. The number of rotatable bonds is 6. The third-order valence-electron chi connectivity index (χ3n) is 4.53. The minimum atomic E-state index is -1.95. The van der Waals surface area contributed by atoms with Gasteiger partial charge < -0.3 is 14.3 Å². The Hall–Kier alpha value is -1.24. The molecule has 1 heterocycles. The van der Waals surface area contributed by atoms with Gasteiger partial charge in [-0.05, 0) is 68.6 Å². The number of aromatic carboxylic acids is 1. The lowest BCUT2D eigenvalue weighted by molar-refractivity contribution is -0.0601. The van der Waals surface area contributed by atoms with Crippen LogP contribution in [0.25, 0.3) is 0 Å². The maximum atomic E-state index is 14.1. The minimum absolute atomic E-state index is 0.0333. The van der Waals surface area contributed by atoms with Gasteiger partial charge in [0, 0.05) is 13.2 Å². The fourth-order valence-corrected chi connectivity index (χ4v) is 5.13. The summed E-state index contributed by atoms with van der Waals surface area (Å²) in [6.07, 6.45) is 2.33. The zero-order valence-corrected chi connectivity index (χ0v) is 15.9.